The molecule has 58 valence electrons. The van der Waals surface area contributed by atoms with Gasteiger partial charge in [0.25, 0.3) is 0 Å². The molecular weight excluding hydrogens is 130 g/mol. The van der Waals surface area contributed by atoms with E-state index in [1.165, 1.54) is 0 Å². The SMILES string of the molecule is NC(=O)C1(N)CCC(N)C1. The second kappa shape index (κ2) is 2.21. The summed E-state index contributed by atoms with van der Waals surface area (Å²) in [6, 6.07) is 0.0532. The minimum atomic E-state index is -0.820. The first-order chi connectivity index (χ1) is 4.54. The lowest BCUT2D eigenvalue weighted by atomic mass is 9.98. The number of nitrogens with two attached hydrogens (primary N) is 3. The van der Waals surface area contributed by atoms with Crippen molar-refractivity contribution in [2.24, 2.45) is 17.2 Å². The van der Waals surface area contributed by atoms with Crippen molar-refractivity contribution in [2.75, 3.05) is 0 Å². The van der Waals surface area contributed by atoms with Gasteiger partial charge in [-0.3, -0.25) is 4.79 Å². The molecule has 1 amide bonds. The molecule has 0 aromatic heterocycles. The van der Waals surface area contributed by atoms with Crippen LogP contribution in [0, 0.1) is 0 Å². The number of rotatable bonds is 1. The van der Waals surface area contributed by atoms with E-state index in [2.05, 4.69) is 0 Å². The molecule has 1 saturated carbocycles. The van der Waals surface area contributed by atoms with Crippen LogP contribution in [0.5, 0.6) is 0 Å². The number of primary amides is 1. The Kier molecular flexibility index (Phi) is 1.66. The third-order valence-corrected chi connectivity index (χ3v) is 2.08. The second-order valence-electron chi connectivity index (χ2n) is 3.02. The number of carbonyl (C=O) groups is 1. The highest BCUT2D eigenvalue weighted by molar-refractivity contribution is 5.84. The average Bonchev–Trinajstić information content (AvgIpc) is 2.13. The van der Waals surface area contributed by atoms with E-state index in [0.29, 0.717) is 12.8 Å². The van der Waals surface area contributed by atoms with Crippen molar-refractivity contribution in [2.45, 2.75) is 30.8 Å². The standard InChI is InChI=1S/C6H13N3O/c7-4-1-2-6(9,3-4)5(8)10/h4H,1-3,7,9H2,(H2,8,10). The Morgan fingerprint density at radius 1 is 1.60 bits per heavy atom. The van der Waals surface area contributed by atoms with Gasteiger partial charge in [0.2, 0.25) is 5.91 Å². The molecule has 0 aliphatic heterocycles. The van der Waals surface area contributed by atoms with Gasteiger partial charge in [-0.2, -0.15) is 0 Å². The first kappa shape index (κ1) is 7.50. The zero-order chi connectivity index (χ0) is 7.78. The summed E-state index contributed by atoms with van der Waals surface area (Å²) in [6.07, 6.45) is 1.96. The topological polar surface area (TPSA) is 95.1 Å². The van der Waals surface area contributed by atoms with Gasteiger partial charge in [-0.05, 0) is 19.3 Å². The van der Waals surface area contributed by atoms with Crippen LogP contribution in [0.25, 0.3) is 0 Å². The summed E-state index contributed by atoms with van der Waals surface area (Å²) >= 11 is 0. The van der Waals surface area contributed by atoms with Crippen LogP contribution >= 0.6 is 0 Å². The largest absolute Gasteiger partial charge is 0.368 e. The Labute approximate surface area is 59.7 Å². The van der Waals surface area contributed by atoms with Crippen molar-refractivity contribution < 1.29 is 4.79 Å². The molecule has 0 bridgehead atoms. The van der Waals surface area contributed by atoms with Crippen LogP contribution in [-0.4, -0.2) is 17.5 Å². The van der Waals surface area contributed by atoms with Crippen molar-refractivity contribution in [3.63, 3.8) is 0 Å². The van der Waals surface area contributed by atoms with Gasteiger partial charge in [-0.1, -0.05) is 0 Å². The van der Waals surface area contributed by atoms with Gasteiger partial charge in [-0.25, -0.2) is 0 Å². The number of hydrogen-bond donors (Lipinski definition) is 3. The fraction of sp³-hybridized carbons (Fsp3) is 0.833. The van der Waals surface area contributed by atoms with E-state index in [4.69, 9.17) is 17.2 Å². The maximum atomic E-state index is 10.7. The molecule has 0 aromatic carbocycles. The Morgan fingerprint density at radius 3 is 2.40 bits per heavy atom. The fourth-order valence-electron chi connectivity index (χ4n) is 1.34. The van der Waals surface area contributed by atoms with Crippen molar-refractivity contribution in [1.29, 1.82) is 0 Å². The van der Waals surface area contributed by atoms with E-state index in [1.54, 1.807) is 0 Å². The van der Waals surface area contributed by atoms with E-state index in [1.807, 2.05) is 0 Å². The van der Waals surface area contributed by atoms with Crippen LogP contribution in [0.3, 0.4) is 0 Å². The highest BCUT2D eigenvalue weighted by atomic mass is 16.1. The molecule has 4 heteroatoms. The highest BCUT2D eigenvalue weighted by Gasteiger charge is 2.38. The molecule has 4 nitrogen and oxygen atoms in total. The molecule has 0 heterocycles. The van der Waals surface area contributed by atoms with Crippen LogP contribution in [0.4, 0.5) is 0 Å². The Hall–Kier alpha value is -0.610. The van der Waals surface area contributed by atoms with E-state index in [0.717, 1.165) is 6.42 Å². The molecule has 2 atom stereocenters. The maximum Gasteiger partial charge on any atom is 0.237 e. The number of amides is 1. The van der Waals surface area contributed by atoms with Crippen LogP contribution in [-0.2, 0) is 4.79 Å². The van der Waals surface area contributed by atoms with Gasteiger partial charge < -0.3 is 17.2 Å². The lowest BCUT2D eigenvalue weighted by Crippen LogP contribution is -2.50. The molecule has 1 aliphatic rings. The molecule has 0 saturated heterocycles. The van der Waals surface area contributed by atoms with Gasteiger partial charge in [0.15, 0.2) is 0 Å². The second-order valence-corrected chi connectivity index (χ2v) is 3.02. The number of hydrogen-bond acceptors (Lipinski definition) is 3. The van der Waals surface area contributed by atoms with Gasteiger partial charge >= 0.3 is 0 Å². The normalized spacial score (nSPS) is 40.0. The molecule has 6 N–H and O–H groups in total. The lowest BCUT2D eigenvalue weighted by Gasteiger charge is -2.18. The summed E-state index contributed by atoms with van der Waals surface area (Å²) in [5, 5.41) is 0. The van der Waals surface area contributed by atoms with E-state index >= 15 is 0 Å². The summed E-state index contributed by atoms with van der Waals surface area (Å²) in [6.45, 7) is 0. The van der Waals surface area contributed by atoms with Crippen LogP contribution in [0.15, 0.2) is 0 Å². The summed E-state index contributed by atoms with van der Waals surface area (Å²) in [5.41, 5.74) is 15.5. The van der Waals surface area contributed by atoms with Gasteiger partial charge in [0, 0.05) is 6.04 Å². The molecule has 0 aromatic rings. The molecule has 0 radical (unpaired) electrons. The maximum absolute atomic E-state index is 10.7. The average molecular weight is 143 g/mol. The molecule has 1 fully saturated rings. The van der Waals surface area contributed by atoms with Crippen LogP contribution < -0.4 is 17.2 Å². The fourth-order valence-corrected chi connectivity index (χ4v) is 1.34. The highest BCUT2D eigenvalue weighted by Crippen LogP contribution is 2.25. The quantitative estimate of drug-likeness (QED) is 0.425. The minimum absolute atomic E-state index is 0.0532. The predicted molar refractivity (Wildman–Crippen MR) is 37.9 cm³/mol. The monoisotopic (exact) mass is 143 g/mol. The summed E-state index contributed by atoms with van der Waals surface area (Å²) in [5.74, 6) is -0.430. The van der Waals surface area contributed by atoms with Crippen molar-refractivity contribution in [1.82, 2.24) is 0 Å². The van der Waals surface area contributed by atoms with E-state index in [-0.39, 0.29) is 6.04 Å². The van der Waals surface area contributed by atoms with Crippen LogP contribution in [0.1, 0.15) is 19.3 Å². The molecule has 0 spiro atoms. The Balaban J connectivity index is 2.63. The van der Waals surface area contributed by atoms with Crippen molar-refractivity contribution >= 4 is 5.91 Å². The molecular formula is C6H13N3O. The van der Waals surface area contributed by atoms with Crippen molar-refractivity contribution in [3.05, 3.63) is 0 Å². The van der Waals surface area contributed by atoms with Crippen molar-refractivity contribution in [3.8, 4) is 0 Å². The molecule has 10 heavy (non-hydrogen) atoms. The van der Waals surface area contributed by atoms with Gasteiger partial charge in [-0.15, -0.1) is 0 Å². The summed E-state index contributed by atoms with van der Waals surface area (Å²) < 4.78 is 0. The lowest BCUT2D eigenvalue weighted by molar-refractivity contribution is -0.122. The molecule has 1 rings (SSSR count). The molecule has 1 aliphatic carbocycles. The minimum Gasteiger partial charge on any atom is -0.368 e. The predicted octanol–water partition coefficient (Wildman–Crippen LogP) is -1.32. The van der Waals surface area contributed by atoms with Crippen LogP contribution in [0.2, 0.25) is 0 Å². The smallest absolute Gasteiger partial charge is 0.237 e. The third-order valence-electron chi connectivity index (χ3n) is 2.08. The van der Waals surface area contributed by atoms with E-state index in [9.17, 15) is 4.79 Å². The Morgan fingerprint density at radius 2 is 2.20 bits per heavy atom. The summed E-state index contributed by atoms with van der Waals surface area (Å²) in [4.78, 5) is 10.7. The first-order valence-electron chi connectivity index (χ1n) is 3.39. The van der Waals surface area contributed by atoms with Gasteiger partial charge in [0.05, 0.1) is 5.54 Å². The van der Waals surface area contributed by atoms with Gasteiger partial charge in [0.1, 0.15) is 0 Å². The zero-order valence-electron chi connectivity index (χ0n) is 5.84. The molecule has 2 unspecified atom stereocenters. The van der Waals surface area contributed by atoms with E-state index < -0.39 is 11.4 Å². The zero-order valence-corrected chi connectivity index (χ0v) is 5.84. The third kappa shape index (κ3) is 1.12. The number of carbonyl (C=O) groups excluding carboxylic acids is 1. The summed E-state index contributed by atoms with van der Waals surface area (Å²) in [7, 11) is 0. The Bertz CT molecular complexity index is 159. The first-order valence-corrected chi connectivity index (χ1v) is 3.39.